The Morgan fingerprint density at radius 2 is 1.62 bits per heavy atom. The molecule has 0 fully saturated rings. The number of aromatic nitrogens is 5. The summed E-state index contributed by atoms with van der Waals surface area (Å²) in [5, 5.41) is 13.1. The van der Waals surface area contributed by atoms with Crippen LogP contribution in [-0.2, 0) is 18.7 Å². The summed E-state index contributed by atoms with van der Waals surface area (Å²) in [7, 11) is 0. The Balaban J connectivity index is 1.35. The molecule has 0 atom stereocenters. The van der Waals surface area contributed by atoms with Gasteiger partial charge in [0.1, 0.15) is 0 Å². The Hall–Kier alpha value is -3.29. The van der Waals surface area contributed by atoms with Crippen LogP contribution >= 0.6 is 23.1 Å². The number of thioether (sulfide) groups is 1. The molecule has 7 heteroatoms. The van der Waals surface area contributed by atoms with Crippen LogP contribution in [0.2, 0.25) is 0 Å². The van der Waals surface area contributed by atoms with E-state index < -0.39 is 0 Å². The normalized spacial score (nSPS) is 11.0. The topological polar surface area (TPSA) is 56.5 Å². The molecule has 2 aromatic carbocycles. The summed E-state index contributed by atoms with van der Waals surface area (Å²) in [5.74, 6) is 1.58. The lowest BCUT2D eigenvalue weighted by Crippen LogP contribution is -2.04. The maximum absolute atomic E-state index is 4.83. The summed E-state index contributed by atoms with van der Waals surface area (Å²) >= 11 is 3.38. The first-order chi connectivity index (χ1) is 15.8. The van der Waals surface area contributed by atoms with E-state index in [4.69, 9.17) is 4.98 Å². The number of benzene rings is 2. The molecule has 0 aliphatic rings. The molecule has 0 aliphatic heterocycles. The van der Waals surface area contributed by atoms with Gasteiger partial charge in [-0.05, 0) is 23.3 Å². The van der Waals surface area contributed by atoms with Crippen LogP contribution in [0.3, 0.4) is 0 Å². The van der Waals surface area contributed by atoms with Gasteiger partial charge in [-0.15, -0.1) is 21.5 Å². The summed E-state index contributed by atoms with van der Waals surface area (Å²) < 4.78 is 2.16. The van der Waals surface area contributed by atoms with Gasteiger partial charge in [0.05, 0.1) is 17.2 Å². The van der Waals surface area contributed by atoms with E-state index in [1.807, 2.05) is 30.5 Å². The third kappa shape index (κ3) is 4.95. The van der Waals surface area contributed by atoms with Crippen molar-refractivity contribution >= 4 is 23.1 Å². The van der Waals surface area contributed by atoms with Crippen LogP contribution in [0.5, 0.6) is 0 Å². The Labute approximate surface area is 195 Å². The molecule has 5 rings (SSSR count). The largest absolute Gasteiger partial charge is 0.297 e. The Kier molecular flexibility index (Phi) is 6.37. The third-order valence-corrected chi connectivity index (χ3v) is 6.86. The van der Waals surface area contributed by atoms with E-state index in [2.05, 4.69) is 73.7 Å². The summed E-state index contributed by atoms with van der Waals surface area (Å²) in [6.45, 7) is 0.705. The van der Waals surface area contributed by atoms with E-state index in [1.165, 1.54) is 11.1 Å². The molecule has 0 saturated carbocycles. The van der Waals surface area contributed by atoms with Crippen LogP contribution in [0.25, 0.3) is 11.4 Å². The standard InChI is InChI=1S/C25H21N5S2/c1-3-8-19(9-4-1)14-23-27-22(17-31-23)18-32-25-29-28-24(21-12-7-13-26-15-21)30(25)16-20-10-5-2-6-11-20/h1-13,15,17H,14,16,18H2. The maximum atomic E-state index is 4.83. The van der Waals surface area contributed by atoms with Crippen molar-refractivity contribution in [2.45, 2.75) is 23.9 Å². The van der Waals surface area contributed by atoms with Gasteiger partial charge in [0.25, 0.3) is 0 Å². The molecule has 158 valence electrons. The molecule has 0 spiro atoms. The van der Waals surface area contributed by atoms with Gasteiger partial charge in [0, 0.05) is 35.5 Å². The fourth-order valence-corrected chi connectivity index (χ4v) is 5.18. The second kappa shape index (κ2) is 9.89. The highest BCUT2D eigenvalue weighted by atomic mass is 32.2. The first kappa shape index (κ1) is 20.6. The van der Waals surface area contributed by atoms with Crippen LogP contribution < -0.4 is 0 Å². The minimum absolute atomic E-state index is 0.705. The van der Waals surface area contributed by atoms with Crippen LogP contribution in [0.15, 0.2) is 95.7 Å². The van der Waals surface area contributed by atoms with Crippen LogP contribution in [0, 0.1) is 0 Å². The maximum Gasteiger partial charge on any atom is 0.192 e. The minimum atomic E-state index is 0.705. The third-order valence-electron chi connectivity index (χ3n) is 4.97. The fourth-order valence-electron chi connectivity index (χ4n) is 3.42. The average Bonchev–Trinajstić information content (AvgIpc) is 3.46. The van der Waals surface area contributed by atoms with Crippen LogP contribution in [0.4, 0.5) is 0 Å². The summed E-state index contributed by atoms with van der Waals surface area (Å²) in [4.78, 5) is 9.08. The van der Waals surface area contributed by atoms with Gasteiger partial charge in [0.2, 0.25) is 0 Å². The van der Waals surface area contributed by atoms with Gasteiger partial charge in [0.15, 0.2) is 11.0 Å². The Morgan fingerprint density at radius 3 is 2.38 bits per heavy atom. The lowest BCUT2D eigenvalue weighted by Gasteiger charge is -2.10. The molecule has 0 saturated heterocycles. The lowest BCUT2D eigenvalue weighted by atomic mass is 10.2. The molecule has 0 unspecified atom stereocenters. The molecule has 0 N–H and O–H groups in total. The molecule has 0 radical (unpaired) electrons. The van der Waals surface area contributed by atoms with Crippen molar-refractivity contribution in [3.63, 3.8) is 0 Å². The highest BCUT2D eigenvalue weighted by molar-refractivity contribution is 7.98. The molecule has 3 heterocycles. The number of thiazole rings is 1. The van der Waals surface area contributed by atoms with Gasteiger partial charge >= 0.3 is 0 Å². The SMILES string of the molecule is c1ccc(Cc2nc(CSc3nnc(-c4cccnc4)n3Cc3ccccc3)cs2)cc1. The number of rotatable bonds is 8. The number of hydrogen-bond acceptors (Lipinski definition) is 6. The average molecular weight is 456 g/mol. The Bertz CT molecular complexity index is 1270. The fraction of sp³-hybridized carbons (Fsp3) is 0.120. The van der Waals surface area contributed by atoms with Crippen molar-refractivity contribution in [2.75, 3.05) is 0 Å². The van der Waals surface area contributed by atoms with Crippen molar-refractivity contribution in [3.05, 3.63) is 112 Å². The van der Waals surface area contributed by atoms with E-state index in [-0.39, 0.29) is 0 Å². The summed E-state index contributed by atoms with van der Waals surface area (Å²) in [6.07, 6.45) is 4.47. The van der Waals surface area contributed by atoms with Crippen molar-refractivity contribution in [1.82, 2.24) is 24.7 Å². The number of nitrogens with zero attached hydrogens (tertiary/aromatic N) is 5. The van der Waals surface area contributed by atoms with E-state index in [9.17, 15) is 0 Å². The summed E-state index contributed by atoms with van der Waals surface area (Å²) in [5.41, 5.74) is 4.52. The highest BCUT2D eigenvalue weighted by Gasteiger charge is 2.16. The van der Waals surface area contributed by atoms with Crippen molar-refractivity contribution < 1.29 is 0 Å². The van der Waals surface area contributed by atoms with Crippen molar-refractivity contribution in [1.29, 1.82) is 0 Å². The molecule has 0 bridgehead atoms. The van der Waals surface area contributed by atoms with Gasteiger partial charge in [-0.2, -0.15) is 0 Å². The number of hydrogen-bond donors (Lipinski definition) is 0. The predicted molar refractivity (Wildman–Crippen MR) is 130 cm³/mol. The quantitative estimate of drug-likeness (QED) is 0.280. The monoisotopic (exact) mass is 455 g/mol. The summed E-state index contributed by atoms with van der Waals surface area (Å²) in [6, 6.07) is 24.8. The van der Waals surface area contributed by atoms with Gasteiger partial charge in [-0.25, -0.2) is 4.98 Å². The van der Waals surface area contributed by atoms with Gasteiger partial charge < -0.3 is 0 Å². The Morgan fingerprint density at radius 1 is 0.844 bits per heavy atom. The molecule has 0 amide bonds. The van der Waals surface area contributed by atoms with Crippen molar-refractivity contribution in [3.8, 4) is 11.4 Å². The molecular formula is C25H21N5S2. The molecule has 5 nitrogen and oxygen atoms in total. The van der Waals surface area contributed by atoms with Crippen molar-refractivity contribution in [2.24, 2.45) is 0 Å². The molecule has 5 aromatic rings. The first-order valence-corrected chi connectivity index (χ1v) is 12.2. The minimum Gasteiger partial charge on any atom is -0.297 e. The van der Waals surface area contributed by atoms with E-state index >= 15 is 0 Å². The van der Waals surface area contributed by atoms with E-state index in [0.29, 0.717) is 6.54 Å². The zero-order valence-corrected chi connectivity index (χ0v) is 19.0. The van der Waals surface area contributed by atoms with Crippen LogP contribution in [-0.4, -0.2) is 24.7 Å². The van der Waals surface area contributed by atoms with Gasteiger partial charge in [-0.3, -0.25) is 9.55 Å². The zero-order chi connectivity index (χ0) is 21.6. The number of pyridine rings is 1. The molecule has 0 aliphatic carbocycles. The highest BCUT2D eigenvalue weighted by Crippen LogP contribution is 2.28. The van der Waals surface area contributed by atoms with Crippen LogP contribution in [0.1, 0.15) is 21.8 Å². The van der Waals surface area contributed by atoms with Gasteiger partial charge in [-0.1, -0.05) is 72.4 Å². The van der Waals surface area contributed by atoms with E-state index in [0.717, 1.165) is 39.4 Å². The molecule has 32 heavy (non-hydrogen) atoms. The zero-order valence-electron chi connectivity index (χ0n) is 17.3. The second-order valence-corrected chi connectivity index (χ2v) is 9.19. The smallest absolute Gasteiger partial charge is 0.192 e. The first-order valence-electron chi connectivity index (χ1n) is 10.3. The molecular weight excluding hydrogens is 434 g/mol. The lowest BCUT2D eigenvalue weighted by molar-refractivity contribution is 0.714. The van der Waals surface area contributed by atoms with E-state index in [1.54, 1.807) is 29.3 Å². The second-order valence-electron chi connectivity index (χ2n) is 7.30. The predicted octanol–water partition coefficient (Wildman–Crippen LogP) is 5.73. The molecule has 3 aromatic heterocycles.